The van der Waals surface area contributed by atoms with E-state index in [0.717, 1.165) is 51.4 Å². The van der Waals surface area contributed by atoms with Gasteiger partial charge in [-0.25, -0.2) is 0 Å². The summed E-state index contributed by atoms with van der Waals surface area (Å²) in [5.74, 6) is -0.291. The zero-order valence-electron chi connectivity index (χ0n) is 25.5. The molecule has 0 aromatic rings. The Morgan fingerprint density at radius 2 is 1.50 bits per heavy atom. The summed E-state index contributed by atoms with van der Waals surface area (Å²) in [6.07, 6.45) is 27.5. The maximum atomic E-state index is 12.5. The molecule has 0 aliphatic heterocycles. The molecule has 0 aliphatic carbocycles. The number of amides is 1. The highest BCUT2D eigenvalue weighted by atomic mass is 31.2. The number of rotatable bonds is 24. The topological polar surface area (TPSA) is 108 Å². The number of quaternary nitrogens is 1. The number of hydrogen-bond donors (Lipinski definition) is 2. The van der Waals surface area contributed by atoms with E-state index in [0.29, 0.717) is 17.4 Å². The number of unbranched alkanes of at least 4 members (excludes halogenated alkanes) is 3. The molecule has 0 aromatic carbocycles. The first-order chi connectivity index (χ1) is 19.0. The highest BCUT2D eigenvalue weighted by molar-refractivity contribution is 7.45. The van der Waals surface area contributed by atoms with Crippen LogP contribution >= 0.6 is 7.82 Å². The third-order valence-corrected chi connectivity index (χ3v) is 6.71. The molecule has 2 N–H and O–H groups in total. The van der Waals surface area contributed by atoms with Crippen LogP contribution in [-0.4, -0.2) is 68.5 Å². The zero-order chi connectivity index (χ0) is 30.1. The molecule has 0 aromatic heterocycles. The molecule has 0 saturated heterocycles. The maximum absolute atomic E-state index is 12.5. The molecule has 9 heteroatoms. The summed E-state index contributed by atoms with van der Waals surface area (Å²) in [7, 11) is 1.19. The Labute approximate surface area is 243 Å². The van der Waals surface area contributed by atoms with Crippen LogP contribution in [0.5, 0.6) is 0 Å². The Morgan fingerprint density at radius 3 is 2.08 bits per heavy atom. The first kappa shape index (κ1) is 38.2. The molecule has 0 rings (SSSR count). The second kappa shape index (κ2) is 23.9. The molecule has 0 aliphatic rings. The molecule has 0 radical (unpaired) electrons. The van der Waals surface area contributed by atoms with Crippen LogP contribution in [0.1, 0.15) is 78.1 Å². The molecule has 0 spiro atoms. The van der Waals surface area contributed by atoms with Gasteiger partial charge in [-0.2, -0.15) is 0 Å². The van der Waals surface area contributed by atoms with Crippen molar-refractivity contribution < 1.29 is 32.9 Å². The fraction of sp³-hybridized carbons (Fsp3) is 0.645. The number of aliphatic hydroxyl groups is 1. The van der Waals surface area contributed by atoms with Crippen LogP contribution in [0.3, 0.4) is 0 Å². The first-order valence-corrected chi connectivity index (χ1v) is 16.1. The van der Waals surface area contributed by atoms with Gasteiger partial charge < -0.3 is 28.8 Å². The average molecular weight is 583 g/mol. The number of likely N-dealkylation sites (N-methyl/N-ethyl adjacent to an activating group) is 1. The van der Waals surface area contributed by atoms with E-state index in [1.807, 2.05) is 39.4 Å². The van der Waals surface area contributed by atoms with Crippen LogP contribution in [0.25, 0.3) is 0 Å². The van der Waals surface area contributed by atoms with Crippen LogP contribution in [0, 0.1) is 0 Å². The summed E-state index contributed by atoms with van der Waals surface area (Å²) in [5.41, 5.74) is 0. The Balaban J connectivity index is 4.71. The van der Waals surface area contributed by atoms with Gasteiger partial charge >= 0.3 is 0 Å². The maximum Gasteiger partial charge on any atom is 0.268 e. The summed E-state index contributed by atoms with van der Waals surface area (Å²) in [6.45, 7) is 4.29. The molecule has 3 unspecified atom stereocenters. The Bertz CT molecular complexity index is 845. The molecule has 3 atom stereocenters. The molecule has 0 heterocycles. The van der Waals surface area contributed by atoms with Gasteiger partial charge in [-0.3, -0.25) is 9.36 Å². The lowest BCUT2D eigenvalue weighted by atomic mass is 10.1. The number of aliphatic hydroxyl groups excluding tert-OH is 1. The van der Waals surface area contributed by atoms with Crippen molar-refractivity contribution in [1.29, 1.82) is 0 Å². The number of phosphoric ester groups is 1. The van der Waals surface area contributed by atoms with Crippen LogP contribution in [0.2, 0.25) is 0 Å². The minimum atomic E-state index is -4.58. The molecule has 0 bridgehead atoms. The van der Waals surface area contributed by atoms with Gasteiger partial charge in [0.15, 0.2) is 0 Å². The fourth-order valence-corrected chi connectivity index (χ4v) is 4.06. The summed E-state index contributed by atoms with van der Waals surface area (Å²) in [6, 6.07) is -0.920. The largest absolute Gasteiger partial charge is 0.756 e. The quantitative estimate of drug-likeness (QED) is 0.0648. The van der Waals surface area contributed by atoms with E-state index >= 15 is 0 Å². The Hall–Kier alpha value is -1.80. The highest BCUT2D eigenvalue weighted by Crippen LogP contribution is 2.38. The second-order valence-corrected chi connectivity index (χ2v) is 12.1. The van der Waals surface area contributed by atoms with Gasteiger partial charge in [0, 0.05) is 6.42 Å². The van der Waals surface area contributed by atoms with Crippen LogP contribution in [-0.2, 0) is 18.4 Å². The molecule has 40 heavy (non-hydrogen) atoms. The van der Waals surface area contributed by atoms with Crippen molar-refractivity contribution in [2.45, 2.75) is 90.2 Å². The van der Waals surface area contributed by atoms with Crippen molar-refractivity contribution in [3.05, 3.63) is 60.8 Å². The monoisotopic (exact) mass is 582 g/mol. The van der Waals surface area contributed by atoms with E-state index in [9.17, 15) is 19.4 Å². The van der Waals surface area contributed by atoms with Crippen molar-refractivity contribution in [3.63, 3.8) is 0 Å². The van der Waals surface area contributed by atoms with Gasteiger partial charge in [0.2, 0.25) is 5.91 Å². The molecule has 0 saturated carbocycles. The molecular formula is C31H55N2O6P. The van der Waals surface area contributed by atoms with Gasteiger partial charge in [0.1, 0.15) is 13.2 Å². The number of phosphoric acid groups is 1. The van der Waals surface area contributed by atoms with E-state index in [4.69, 9.17) is 9.05 Å². The summed E-state index contributed by atoms with van der Waals surface area (Å²) < 4.78 is 22.7. The third kappa shape index (κ3) is 25.2. The van der Waals surface area contributed by atoms with E-state index in [1.54, 1.807) is 6.08 Å². The summed E-state index contributed by atoms with van der Waals surface area (Å²) in [5, 5.41) is 13.4. The molecule has 0 fully saturated rings. The van der Waals surface area contributed by atoms with E-state index in [1.165, 1.54) is 0 Å². The molecule has 230 valence electrons. The van der Waals surface area contributed by atoms with Crippen molar-refractivity contribution in [1.82, 2.24) is 5.32 Å². The van der Waals surface area contributed by atoms with Gasteiger partial charge in [0.05, 0.1) is 39.9 Å². The first-order valence-electron chi connectivity index (χ1n) is 14.7. The Kier molecular flexibility index (Phi) is 22.8. The van der Waals surface area contributed by atoms with Crippen molar-refractivity contribution in [2.75, 3.05) is 40.9 Å². The minimum absolute atomic E-state index is 0.0178. The van der Waals surface area contributed by atoms with Crippen LogP contribution in [0.4, 0.5) is 0 Å². The second-order valence-electron chi connectivity index (χ2n) is 10.7. The number of carbonyl (C=O) groups excluding carboxylic acids is 1. The van der Waals surface area contributed by atoms with Crippen molar-refractivity contribution in [2.24, 2.45) is 0 Å². The van der Waals surface area contributed by atoms with Crippen LogP contribution < -0.4 is 10.2 Å². The van der Waals surface area contributed by atoms with Crippen molar-refractivity contribution >= 4 is 13.7 Å². The van der Waals surface area contributed by atoms with E-state index < -0.39 is 26.6 Å². The predicted molar refractivity (Wildman–Crippen MR) is 164 cm³/mol. The fourth-order valence-electron chi connectivity index (χ4n) is 3.33. The number of nitrogens with one attached hydrogen (secondary N) is 1. The Morgan fingerprint density at radius 1 is 0.900 bits per heavy atom. The number of allylic oxidation sites excluding steroid dienone is 9. The smallest absolute Gasteiger partial charge is 0.268 e. The number of nitrogens with zero attached hydrogens (tertiary/aromatic N) is 1. The standard InChI is InChI=1S/C31H55N2O6P/c1-6-8-10-12-13-14-15-16-17-18-19-21-23-25-31(35)32-29(30(34)24-22-20-11-9-7-2)28-39-40(36,37)38-27-26-33(3,4)5/h8,10,13-14,16-17,19,21-22,24,29-30,34H,6-7,9,11-12,15,18,20,23,25-28H2,1-5H3,(H-,32,35,36,37)/b10-8-,14-13-,17-16-,21-19-,24-22+. The lowest BCUT2D eigenvalue weighted by Crippen LogP contribution is -2.45. The lowest BCUT2D eigenvalue weighted by molar-refractivity contribution is -0.870. The van der Waals surface area contributed by atoms with E-state index in [2.05, 4.69) is 55.6 Å². The average Bonchev–Trinajstić information content (AvgIpc) is 2.88. The zero-order valence-corrected chi connectivity index (χ0v) is 26.4. The SMILES string of the molecule is CC/C=C\C/C=C\C/C=C\C/C=C\CCC(=O)NC(COP(=O)([O-])OCC[N+](C)(C)C)C(O)/C=C/CCCCC. The van der Waals surface area contributed by atoms with Crippen molar-refractivity contribution in [3.8, 4) is 0 Å². The molecule has 1 amide bonds. The number of hydrogen-bond acceptors (Lipinski definition) is 6. The predicted octanol–water partition coefficient (Wildman–Crippen LogP) is 5.76. The van der Waals surface area contributed by atoms with E-state index in [-0.39, 0.29) is 18.9 Å². The highest BCUT2D eigenvalue weighted by Gasteiger charge is 2.23. The van der Waals surface area contributed by atoms with Gasteiger partial charge in [-0.1, -0.05) is 87.4 Å². The minimum Gasteiger partial charge on any atom is -0.756 e. The summed E-state index contributed by atoms with van der Waals surface area (Å²) >= 11 is 0. The summed E-state index contributed by atoms with van der Waals surface area (Å²) in [4.78, 5) is 24.8. The lowest BCUT2D eigenvalue weighted by Gasteiger charge is -2.29. The van der Waals surface area contributed by atoms with Gasteiger partial charge in [-0.15, -0.1) is 0 Å². The molecular weight excluding hydrogens is 527 g/mol. The third-order valence-electron chi connectivity index (χ3n) is 5.75. The van der Waals surface area contributed by atoms with Gasteiger partial charge in [-0.05, 0) is 44.9 Å². The normalized spacial score (nSPS) is 16.1. The number of carbonyl (C=O) groups is 1. The molecule has 8 nitrogen and oxygen atoms in total. The van der Waals surface area contributed by atoms with Crippen LogP contribution in [0.15, 0.2) is 60.8 Å². The van der Waals surface area contributed by atoms with Gasteiger partial charge in [0.25, 0.3) is 7.82 Å².